The van der Waals surface area contributed by atoms with E-state index in [9.17, 15) is 8.42 Å². The summed E-state index contributed by atoms with van der Waals surface area (Å²) in [6.45, 7) is 3.98. The number of fused-ring (bicyclic) bond motifs is 1. The Bertz CT molecular complexity index is 1390. The van der Waals surface area contributed by atoms with Crippen molar-refractivity contribution in [3.63, 3.8) is 0 Å². The zero-order valence-corrected chi connectivity index (χ0v) is 18.2. The quantitative estimate of drug-likeness (QED) is 0.392. The van der Waals surface area contributed by atoms with Gasteiger partial charge in [-0.3, -0.25) is 0 Å². The highest BCUT2D eigenvalue weighted by molar-refractivity contribution is 7.91. The zero-order valence-electron chi connectivity index (χ0n) is 16.6. The lowest BCUT2D eigenvalue weighted by Crippen LogP contribution is -2.15. The largest absolute Gasteiger partial charge is 0.437 e. The van der Waals surface area contributed by atoms with Crippen molar-refractivity contribution < 1.29 is 12.8 Å². The average molecular weight is 438 g/mol. The van der Waals surface area contributed by atoms with E-state index in [4.69, 9.17) is 16.0 Å². The van der Waals surface area contributed by atoms with Gasteiger partial charge in [0.1, 0.15) is 10.5 Å². The van der Waals surface area contributed by atoms with E-state index in [1.807, 2.05) is 31.2 Å². The molecule has 0 aliphatic carbocycles. The van der Waals surface area contributed by atoms with Crippen LogP contribution in [0.3, 0.4) is 0 Å². The van der Waals surface area contributed by atoms with Gasteiger partial charge in [-0.1, -0.05) is 48.4 Å². The second-order valence-electron chi connectivity index (χ2n) is 7.05. The number of aryl methyl sites for hydroxylation is 2. The molecule has 4 rings (SSSR count). The monoisotopic (exact) mass is 437 g/mol. The SMILES string of the molecule is CCc1ccc(N=c2oc3ccc(Cl)cc3cc2S(=O)(=O)c2ccc(C)cc2)cc1. The van der Waals surface area contributed by atoms with E-state index in [1.165, 1.54) is 5.56 Å². The van der Waals surface area contributed by atoms with Crippen molar-refractivity contribution in [3.8, 4) is 0 Å². The number of rotatable bonds is 4. The molecule has 0 aliphatic rings. The van der Waals surface area contributed by atoms with E-state index in [2.05, 4.69) is 11.9 Å². The standard InChI is InChI=1S/C24H20ClNO3S/c1-3-17-6-9-20(10-7-17)26-24-23(15-18-14-19(25)8-13-22(18)29-24)30(27,28)21-11-4-16(2)5-12-21/h4-15H,3H2,1-2H3. The van der Waals surface area contributed by atoms with Gasteiger partial charge >= 0.3 is 0 Å². The second-order valence-corrected chi connectivity index (χ2v) is 9.40. The molecule has 6 heteroatoms. The topological polar surface area (TPSA) is 59.6 Å². The van der Waals surface area contributed by atoms with Crippen molar-refractivity contribution in [1.29, 1.82) is 0 Å². The molecule has 3 aromatic carbocycles. The predicted octanol–water partition coefficient (Wildman–Crippen LogP) is 6.02. The lowest BCUT2D eigenvalue weighted by atomic mass is 10.1. The fourth-order valence-corrected chi connectivity index (χ4v) is 4.65. The molecule has 0 radical (unpaired) electrons. The van der Waals surface area contributed by atoms with Crippen molar-refractivity contribution in [2.45, 2.75) is 30.1 Å². The van der Waals surface area contributed by atoms with Crippen LogP contribution in [0.4, 0.5) is 5.69 Å². The Hall–Kier alpha value is -2.89. The van der Waals surface area contributed by atoms with E-state index in [0.717, 1.165) is 12.0 Å². The summed E-state index contributed by atoms with van der Waals surface area (Å²) in [5.41, 5.74) is 3.31. The first kappa shape index (κ1) is 20.4. The number of sulfone groups is 1. The highest BCUT2D eigenvalue weighted by Gasteiger charge is 2.22. The smallest absolute Gasteiger partial charge is 0.239 e. The van der Waals surface area contributed by atoms with Crippen LogP contribution in [0.15, 0.2) is 92.0 Å². The van der Waals surface area contributed by atoms with Gasteiger partial charge in [0.2, 0.25) is 15.4 Å². The molecule has 30 heavy (non-hydrogen) atoms. The van der Waals surface area contributed by atoms with Crippen LogP contribution in [0.2, 0.25) is 5.02 Å². The Morgan fingerprint density at radius 1 is 0.933 bits per heavy atom. The van der Waals surface area contributed by atoms with Crippen molar-refractivity contribution in [2.24, 2.45) is 4.99 Å². The van der Waals surface area contributed by atoms with Crippen LogP contribution in [0.1, 0.15) is 18.1 Å². The Balaban J connectivity index is 1.99. The molecule has 1 heterocycles. The Morgan fingerprint density at radius 3 is 2.30 bits per heavy atom. The normalized spacial score (nSPS) is 12.4. The van der Waals surface area contributed by atoms with Gasteiger partial charge < -0.3 is 4.42 Å². The number of halogens is 1. The molecule has 0 spiro atoms. The van der Waals surface area contributed by atoms with E-state index >= 15 is 0 Å². The number of nitrogens with zero attached hydrogens (tertiary/aromatic N) is 1. The van der Waals surface area contributed by atoms with Gasteiger partial charge in [-0.15, -0.1) is 0 Å². The van der Waals surface area contributed by atoms with E-state index in [0.29, 0.717) is 21.7 Å². The number of hydrogen-bond acceptors (Lipinski definition) is 4. The summed E-state index contributed by atoms with van der Waals surface area (Å²) in [7, 11) is -3.85. The molecule has 4 aromatic rings. The summed E-state index contributed by atoms with van der Waals surface area (Å²) in [5.74, 6) is 0. The van der Waals surface area contributed by atoms with Crippen LogP contribution in [-0.2, 0) is 16.3 Å². The molecule has 0 fully saturated rings. The molecule has 0 saturated carbocycles. The fraction of sp³-hybridized carbons (Fsp3) is 0.125. The molecule has 0 aliphatic heterocycles. The highest BCUT2D eigenvalue weighted by Crippen LogP contribution is 2.25. The van der Waals surface area contributed by atoms with Gasteiger partial charge in [0.25, 0.3) is 0 Å². The molecule has 1 aromatic heterocycles. The van der Waals surface area contributed by atoms with Crippen molar-refractivity contribution in [1.82, 2.24) is 0 Å². The first-order valence-corrected chi connectivity index (χ1v) is 11.4. The maximum absolute atomic E-state index is 13.4. The lowest BCUT2D eigenvalue weighted by molar-refractivity contribution is 0.517. The first-order chi connectivity index (χ1) is 14.4. The van der Waals surface area contributed by atoms with Crippen LogP contribution in [0.25, 0.3) is 11.0 Å². The van der Waals surface area contributed by atoms with Gasteiger partial charge in [-0.05, 0) is 67.4 Å². The lowest BCUT2D eigenvalue weighted by Gasteiger charge is -2.08. The third kappa shape index (κ3) is 4.04. The van der Waals surface area contributed by atoms with E-state index < -0.39 is 9.84 Å². The van der Waals surface area contributed by atoms with E-state index in [-0.39, 0.29) is 15.3 Å². The minimum absolute atomic E-state index is 0.000637. The Kier molecular flexibility index (Phi) is 5.50. The molecule has 4 nitrogen and oxygen atoms in total. The van der Waals surface area contributed by atoms with E-state index in [1.54, 1.807) is 48.5 Å². The second kappa shape index (κ2) is 8.09. The molecule has 152 valence electrons. The fourth-order valence-electron chi connectivity index (χ4n) is 3.12. The summed E-state index contributed by atoms with van der Waals surface area (Å²) in [4.78, 5) is 4.70. The summed E-state index contributed by atoms with van der Waals surface area (Å²) in [6, 6.07) is 21.0. The summed E-state index contributed by atoms with van der Waals surface area (Å²) >= 11 is 6.10. The van der Waals surface area contributed by atoms with Gasteiger partial charge in [0, 0.05) is 10.4 Å². The van der Waals surface area contributed by atoms with Crippen LogP contribution in [0.5, 0.6) is 0 Å². The molecule has 0 amide bonds. The van der Waals surface area contributed by atoms with Crippen LogP contribution < -0.4 is 5.55 Å². The van der Waals surface area contributed by atoms with Gasteiger partial charge in [0.15, 0.2) is 0 Å². The summed E-state index contributed by atoms with van der Waals surface area (Å²) in [6.07, 6.45) is 0.911. The van der Waals surface area contributed by atoms with Crippen LogP contribution in [0, 0.1) is 6.92 Å². The maximum Gasteiger partial charge on any atom is 0.239 e. The number of hydrogen-bond donors (Lipinski definition) is 0. The third-order valence-electron chi connectivity index (χ3n) is 4.87. The van der Waals surface area contributed by atoms with Crippen molar-refractivity contribution in [2.75, 3.05) is 0 Å². The highest BCUT2D eigenvalue weighted by atomic mass is 35.5. The van der Waals surface area contributed by atoms with Crippen molar-refractivity contribution in [3.05, 3.63) is 94.5 Å². The minimum atomic E-state index is -3.85. The Morgan fingerprint density at radius 2 is 1.63 bits per heavy atom. The summed E-state index contributed by atoms with van der Waals surface area (Å²) in [5, 5.41) is 1.09. The molecule has 0 atom stereocenters. The summed E-state index contributed by atoms with van der Waals surface area (Å²) < 4.78 is 32.8. The van der Waals surface area contributed by atoms with Gasteiger partial charge in [-0.25, -0.2) is 13.4 Å². The van der Waals surface area contributed by atoms with Crippen molar-refractivity contribution >= 4 is 38.1 Å². The molecule has 0 saturated heterocycles. The van der Waals surface area contributed by atoms with Crippen LogP contribution >= 0.6 is 11.6 Å². The minimum Gasteiger partial charge on any atom is -0.437 e. The van der Waals surface area contributed by atoms with Crippen LogP contribution in [-0.4, -0.2) is 8.42 Å². The predicted molar refractivity (Wildman–Crippen MR) is 119 cm³/mol. The Labute approximate surface area is 180 Å². The van der Waals surface area contributed by atoms with Gasteiger partial charge in [-0.2, -0.15) is 0 Å². The molecule has 0 bridgehead atoms. The maximum atomic E-state index is 13.4. The molecular formula is C24H20ClNO3S. The van der Waals surface area contributed by atoms with Gasteiger partial charge in [0.05, 0.1) is 10.6 Å². The number of benzene rings is 3. The molecule has 0 unspecified atom stereocenters. The average Bonchev–Trinajstić information content (AvgIpc) is 2.74. The zero-order chi connectivity index (χ0) is 21.3. The molecule has 0 N–H and O–H groups in total. The third-order valence-corrected chi connectivity index (χ3v) is 6.87. The first-order valence-electron chi connectivity index (χ1n) is 9.55. The molecular weight excluding hydrogens is 418 g/mol.